The van der Waals surface area contributed by atoms with E-state index in [9.17, 15) is 0 Å². The van der Waals surface area contributed by atoms with E-state index in [1.165, 1.54) is 5.56 Å². The number of hydrogen-bond acceptors (Lipinski definition) is 6. The third-order valence-electron chi connectivity index (χ3n) is 6.73. The highest BCUT2D eigenvalue weighted by atomic mass is 16.5. The van der Waals surface area contributed by atoms with Gasteiger partial charge in [-0.15, -0.1) is 0 Å². The molecule has 0 bridgehead atoms. The number of nitrogens with zero attached hydrogens (tertiary/aromatic N) is 5. The van der Waals surface area contributed by atoms with Crippen molar-refractivity contribution in [3.8, 4) is 17.1 Å². The number of nitrogens with one attached hydrogen (secondary N) is 1. The van der Waals surface area contributed by atoms with Crippen LogP contribution in [-0.4, -0.2) is 58.8 Å². The molecule has 7 nitrogen and oxygen atoms in total. The van der Waals surface area contributed by atoms with Crippen LogP contribution < -0.4 is 10.7 Å². The van der Waals surface area contributed by atoms with E-state index in [2.05, 4.69) is 81.3 Å². The van der Waals surface area contributed by atoms with Gasteiger partial charge in [0.25, 0.3) is 0 Å². The maximum atomic E-state index is 5.50. The van der Waals surface area contributed by atoms with E-state index in [0.29, 0.717) is 6.54 Å². The van der Waals surface area contributed by atoms with Crippen LogP contribution in [0.1, 0.15) is 5.56 Å². The minimum Gasteiger partial charge on any atom is -0.379 e. The molecular formula is C30H30N6O. The summed E-state index contributed by atoms with van der Waals surface area (Å²) in [5.74, 6) is 0. The number of ether oxygens (including phenoxy) is 1. The molecule has 0 radical (unpaired) electrons. The summed E-state index contributed by atoms with van der Waals surface area (Å²) in [7, 11) is 0. The standard InChI is InChI=1S/C30H30N6O/c1-22-8-10-24(11-9-22)36-29-7-3-2-6-25(29)34-28-19-27(33-23-5-4-12-31-21-23)26(20-30(28)36)32-13-14-35-15-17-37-18-16-35/h2-12,19-21,33H,13-18H2,1H3/b32-26+. The van der Waals surface area contributed by atoms with E-state index in [1.54, 1.807) is 6.20 Å². The highest BCUT2D eigenvalue weighted by molar-refractivity contribution is 5.84. The van der Waals surface area contributed by atoms with Gasteiger partial charge in [0.2, 0.25) is 0 Å². The zero-order valence-electron chi connectivity index (χ0n) is 21.0. The van der Waals surface area contributed by atoms with Crippen LogP contribution >= 0.6 is 0 Å². The summed E-state index contributed by atoms with van der Waals surface area (Å²) < 4.78 is 7.78. The molecule has 1 aliphatic carbocycles. The van der Waals surface area contributed by atoms with Crippen molar-refractivity contribution in [3.05, 3.63) is 96.1 Å². The van der Waals surface area contributed by atoms with Crippen LogP contribution in [0.5, 0.6) is 0 Å². The van der Waals surface area contributed by atoms with Gasteiger partial charge >= 0.3 is 0 Å². The topological polar surface area (TPSA) is 67.6 Å². The quantitative estimate of drug-likeness (QED) is 0.346. The number of benzene rings is 3. The third kappa shape index (κ3) is 5.09. The van der Waals surface area contributed by atoms with Crippen molar-refractivity contribution in [2.24, 2.45) is 4.99 Å². The number of aryl methyl sites for hydroxylation is 1. The van der Waals surface area contributed by atoms with Crippen molar-refractivity contribution in [3.63, 3.8) is 0 Å². The first-order chi connectivity index (χ1) is 18.2. The maximum absolute atomic E-state index is 5.50. The van der Waals surface area contributed by atoms with Gasteiger partial charge in [0.15, 0.2) is 0 Å². The fourth-order valence-corrected chi connectivity index (χ4v) is 4.77. The van der Waals surface area contributed by atoms with Gasteiger partial charge in [-0.05, 0) is 55.5 Å². The Morgan fingerprint density at radius 3 is 2.62 bits per heavy atom. The predicted octanol–water partition coefficient (Wildman–Crippen LogP) is 4.81. The molecular weight excluding hydrogens is 460 g/mol. The molecule has 0 spiro atoms. The Bertz CT molecular complexity index is 1540. The highest BCUT2D eigenvalue weighted by Crippen LogP contribution is 2.30. The molecule has 1 aromatic heterocycles. The van der Waals surface area contributed by atoms with Gasteiger partial charge in [0.1, 0.15) is 0 Å². The first-order valence-corrected chi connectivity index (χ1v) is 12.7. The zero-order valence-corrected chi connectivity index (χ0v) is 21.0. The number of pyridine rings is 1. The lowest BCUT2D eigenvalue weighted by molar-refractivity contribution is 0.0394. The monoisotopic (exact) mass is 490 g/mol. The lowest BCUT2D eigenvalue weighted by Crippen LogP contribution is -2.38. The van der Waals surface area contributed by atoms with Gasteiger partial charge < -0.3 is 14.6 Å². The molecule has 0 amide bonds. The largest absolute Gasteiger partial charge is 0.379 e. The van der Waals surface area contributed by atoms with E-state index < -0.39 is 0 Å². The van der Waals surface area contributed by atoms with Crippen LogP contribution in [0.15, 0.2) is 90.2 Å². The van der Waals surface area contributed by atoms with Crippen molar-refractivity contribution in [1.29, 1.82) is 0 Å². The zero-order chi connectivity index (χ0) is 25.0. The maximum Gasteiger partial charge on any atom is 0.0900 e. The molecule has 0 atom stereocenters. The number of anilines is 2. The van der Waals surface area contributed by atoms with Gasteiger partial charge in [-0.3, -0.25) is 14.9 Å². The Morgan fingerprint density at radius 2 is 1.81 bits per heavy atom. The minimum atomic E-state index is 0.707. The van der Waals surface area contributed by atoms with Crippen LogP contribution in [0.2, 0.25) is 0 Å². The van der Waals surface area contributed by atoms with Gasteiger partial charge in [-0.25, -0.2) is 4.98 Å². The van der Waals surface area contributed by atoms with E-state index >= 15 is 0 Å². The van der Waals surface area contributed by atoms with Crippen LogP contribution in [0.25, 0.3) is 28.1 Å². The number of hydrogen-bond donors (Lipinski definition) is 1. The Hall–Kier alpha value is -4.07. The van der Waals surface area contributed by atoms with Gasteiger partial charge in [0, 0.05) is 31.5 Å². The third-order valence-corrected chi connectivity index (χ3v) is 6.73. The molecule has 1 N–H and O–H groups in total. The van der Waals surface area contributed by atoms with Crippen molar-refractivity contribution >= 4 is 22.4 Å². The molecule has 6 rings (SSSR count). The van der Waals surface area contributed by atoms with Crippen LogP contribution in [0, 0.1) is 6.92 Å². The highest BCUT2D eigenvalue weighted by Gasteiger charge is 2.17. The fraction of sp³-hybridized carbons (Fsp3) is 0.233. The lowest BCUT2D eigenvalue weighted by Gasteiger charge is -2.25. The van der Waals surface area contributed by atoms with Gasteiger partial charge in [0.05, 0.1) is 65.1 Å². The predicted molar refractivity (Wildman–Crippen MR) is 148 cm³/mol. The molecule has 0 saturated carbocycles. The smallest absolute Gasteiger partial charge is 0.0900 e. The Balaban J connectivity index is 1.52. The SMILES string of the molecule is Cc1ccc(-n2c3c/c(=N\CCN4CCOCC4)c(Nc4cccnc4)cc-3nc3ccccc32)cc1. The molecule has 186 valence electrons. The molecule has 0 unspecified atom stereocenters. The molecule has 7 heteroatoms. The van der Waals surface area contributed by atoms with E-state index in [-0.39, 0.29) is 0 Å². The number of para-hydroxylation sites is 2. The molecule has 3 aliphatic rings. The summed E-state index contributed by atoms with van der Waals surface area (Å²) in [6.07, 6.45) is 3.60. The summed E-state index contributed by atoms with van der Waals surface area (Å²) in [6.45, 7) is 7.21. The van der Waals surface area contributed by atoms with Crippen LogP contribution in [0.3, 0.4) is 0 Å². The summed E-state index contributed by atoms with van der Waals surface area (Å²) in [5.41, 5.74) is 8.09. The average molecular weight is 491 g/mol. The second kappa shape index (κ2) is 10.5. The Kier molecular flexibility index (Phi) is 6.62. The van der Waals surface area contributed by atoms with Crippen LogP contribution in [0.4, 0.5) is 11.4 Å². The normalized spacial score (nSPS) is 14.9. The first kappa shape index (κ1) is 23.3. The van der Waals surface area contributed by atoms with Crippen molar-refractivity contribution < 1.29 is 4.74 Å². The van der Waals surface area contributed by atoms with Gasteiger partial charge in [-0.2, -0.15) is 0 Å². The molecule has 3 aromatic rings. The lowest BCUT2D eigenvalue weighted by atomic mass is 10.1. The Morgan fingerprint density at radius 1 is 0.973 bits per heavy atom. The summed E-state index contributed by atoms with van der Waals surface area (Å²) in [5, 5.41) is 4.43. The van der Waals surface area contributed by atoms with Crippen molar-refractivity contribution in [1.82, 2.24) is 19.4 Å². The van der Waals surface area contributed by atoms with Crippen molar-refractivity contribution in [2.45, 2.75) is 6.92 Å². The van der Waals surface area contributed by atoms with E-state index in [1.807, 2.05) is 24.4 Å². The molecule has 3 heterocycles. The summed E-state index contributed by atoms with van der Waals surface area (Å²) in [4.78, 5) is 16.8. The number of aromatic nitrogens is 3. The van der Waals surface area contributed by atoms with E-state index in [4.69, 9.17) is 14.7 Å². The molecule has 2 aromatic carbocycles. The molecule has 37 heavy (non-hydrogen) atoms. The number of rotatable bonds is 6. The number of fused-ring (bicyclic) bond motifs is 2. The molecule has 1 saturated heterocycles. The first-order valence-electron chi connectivity index (χ1n) is 12.7. The summed E-state index contributed by atoms with van der Waals surface area (Å²) >= 11 is 0. The average Bonchev–Trinajstić information content (AvgIpc) is 2.94. The van der Waals surface area contributed by atoms with Crippen LogP contribution in [-0.2, 0) is 4.74 Å². The number of morpholine rings is 1. The molecule has 2 aliphatic heterocycles. The van der Waals surface area contributed by atoms with Crippen molar-refractivity contribution in [2.75, 3.05) is 44.7 Å². The summed E-state index contributed by atoms with van der Waals surface area (Å²) in [6, 6.07) is 25.1. The van der Waals surface area contributed by atoms with Gasteiger partial charge in [-0.1, -0.05) is 29.8 Å². The van der Waals surface area contributed by atoms with E-state index in [0.717, 1.165) is 77.7 Å². The minimum absolute atomic E-state index is 0.707. The Labute approximate surface area is 216 Å². The second-order valence-corrected chi connectivity index (χ2v) is 9.33. The fourth-order valence-electron chi connectivity index (χ4n) is 4.77. The molecule has 1 fully saturated rings. The second-order valence-electron chi connectivity index (χ2n) is 9.33.